The maximum atomic E-state index is 12.5. The van der Waals surface area contributed by atoms with Gasteiger partial charge in [-0.15, -0.1) is 0 Å². The van der Waals surface area contributed by atoms with Crippen LogP contribution in [0, 0.1) is 0 Å². The quantitative estimate of drug-likeness (QED) is 0.461. The highest BCUT2D eigenvalue weighted by Crippen LogP contribution is 2.15. The van der Waals surface area contributed by atoms with Crippen molar-refractivity contribution in [1.82, 2.24) is 14.4 Å². The van der Waals surface area contributed by atoms with Crippen LogP contribution in [0.3, 0.4) is 0 Å². The van der Waals surface area contributed by atoms with Crippen molar-refractivity contribution < 1.29 is 9.21 Å². The summed E-state index contributed by atoms with van der Waals surface area (Å²) in [6.45, 7) is 6.01. The molecule has 0 unspecified atom stereocenters. The normalized spacial score (nSPS) is 14.9. The van der Waals surface area contributed by atoms with Crippen LogP contribution in [0.4, 0.5) is 5.69 Å². The molecule has 0 spiro atoms. The van der Waals surface area contributed by atoms with Gasteiger partial charge in [-0.2, -0.15) is 0 Å². The highest BCUT2D eigenvalue weighted by molar-refractivity contribution is 5.91. The Bertz CT molecular complexity index is 1300. The molecule has 4 aromatic rings. The summed E-state index contributed by atoms with van der Waals surface area (Å²) in [5.41, 5.74) is 4.38. The fourth-order valence-electron chi connectivity index (χ4n) is 4.41. The average molecular weight is 457 g/mol. The molecular weight excluding hydrogens is 428 g/mol. The number of rotatable bonds is 7. The highest BCUT2D eigenvalue weighted by Gasteiger charge is 2.17. The van der Waals surface area contributed by atoms with Crippen LogP contribution >= 0.6 is 0 Å². The first-order valence-corrected chi connectivity index (χ1v) is 11.6. The summed E-state index contributed by atoms with van der Waals surface area (Å²) >= 11 is 0. The van der Waals surface area contributed by atoms with Gasteiger partial charge in [0.15, 0.2) is 5.58 Å². The van der Waals surface area contributed by atoms with Crippen molar-refractivity contribution in [3.05, 3.63) is 101 Å². The number of nitrogens with one attached hydrogen (secondary N) is 1. The average Bonchev–Trinajstić information content (AvgIpc) is 3.17. The van der Waals surface area contributed by atoms with E-state index in [-0.39, 0.29) is 12.5 Å². The molecule has 1 aromatic heterocycles. The number of benzene rings is 3. The minimum atomic E-state index is -0.532. The molecule has 1 aliphatic heterocycles. The summed E-state index contributed by atoms with van der Waals surface area (Å²) in [7, 11) is 0. The smallest absolute Gasteiger partial charge is 0.408 e. The third-order valence-corrected chi connectivity index (χ3v) is 6.23. The Balaban J connectivity index is 1.11. The van der Waals surface area contributed by atoms with E-state index in [0.717, 1.165) is 39.3 Å². The monoisotopic (exact) mass is 456 g/mol. The van der Waals surface area contributed by atoms with Crippen LogP contribution in [-0.2, 0) is 24.4 Å². The SMILES string of the molecule is O=C(Cn1c(=O)oc2ccccc21)Nc1ccc(CN2CCN(Cc3ccccc3)CC2)cc1. The molecule has 1 fully saturated rings. The van der Waals surface area contributed by atoms with Gasteiger partial charge in [-0.05, 0) is 35.4 Å². The zero-order valence-electron chi connectivity index (χ0n) is 19.0. The molecule has 0 aliphatic carbocycles. The van der Waals surface area contributed by atoms with Crippen molar-refractivity contribution in [3.63, 3.8) is 0 Å². The van der Waals surface area contributed by atoms with Gasteiger partial charge in [-0.1, -0.05) is 54.6 Å². The Morgan fingerprint density at radius 3 is 2.03 bits per heavy atom. The number of oxazole rings is 1. The predicted octanol–water partition coefficient (Wildman–Crippen LogP) is 3.55. The number of anilines is 1. The Morgan fingerprint density at radius 2 is 1.35 bits per heavy atom. The molecule has 0 atom stereocenters. The second kappa shape index (κ2) is 10.1. The number of aromatic nitrogens is 1. The lowest BCUT2D eigenvalue weighted by atomic mass is 10.1. The van der Waals surface area contributed by atoms with Crippen molar-refractivity contribution in [2.24, 2.45) is 0 Å². The number of amides is 1. The molecule has 1 saturated heterocycles. The zero-order valence-corrected chi connectivity index (χ0v) is 19.0. The molecule has 0 radical (unpaired) electrons. The summed E-state index contributed by atoms with van der Waals surface area (Å²) < 4.78 is 6.54. The van der Waals surface area contributed by atoms with Crippen molar-refractivity contribution in [2.45, 2.75) is 19.6 Å². The van der Waals surface area contributed by atoms with Gasteiger partial charge in [-0.25, -0.2) is 4.79 Å². The third kappa shape index (κ3) is 5.27. The van der Waals surface area contributed by atoms with Gasteiger partial charge in [0.25, 0.3) is 0 Å². The van der Waals surface area contributed by atoms with Crippen LogP contribution in [0.15, 0.2) is 88.1 Å². The lowest BCUT2D eigenvalue weighted by molar-refractivity contribution is -0.116. The van der Waals surface area contributed by atoms with E-state index in [9.17, 15) is 9.59 Å². The first-order valence-electron chi connectivity index (χ1n) is 11.6. The summed E-state index contributed by atoms with van der Waals surface area (Å²) in [5.74, 6) is -0.800. The van der Waals surface area contributed by atoms with E-state index in [1.54, 1.807) is 18.2 Å². The van der Waals surface area contributed by atoms with E-state index >= 15 is 0 Å². The molecule has 7 heteroatoms. The van der Waals surface area contributed by atoms with Gasteiger partial charge < -0.3 is 9.73 Å². The molecule has 3 aromatic carbocycles. The van der Waals surface area contributed by atoms with Crippen molar-refractivity contribution in [2.75, 3.05) is 31.5 Å². The summed E-state index contributed by atoms with van der Waals surface area (Å²) in [5, 5.41) is 2.87. The van der Waals surface area contributed by atoms with E-state index in [1.807, 2.05) is 30.3 Å². The number of para-hydroxylation sites is 2. The zero-order chi connectivity index (χ0) is 23.3. The lowest BCUT2D eigenvalue weighted by Crippen LogP contribution is -2.45. The molecule has 1 N–H and O–H groups in total. The predicted molar refractivity (Wildman–Crippen MR) is 133 cm³/mol. The largest absolute Gasteiger partial charge is 0.420 e. The molecule has 34 heavy (non-hydrogen) atoms. The maximum absolute atomic E-state index is 12.5. The van der Waals surface area contributed by atoms with E-state index in [4.69, 9.17) is 4.42 Å². The Hall–Kier alpha value is -3.68. The molecule has 5 rings (SSSR count). The minimum Gasteiger partial charge on any atom is -0.408 e. The van der Waals surface area contributed by atoms with E-state index in [2.05, 4.69) is 45.4 Å². The van der Waals surface area contributed by atoms with Gasteiger partial charge in [0.1, 0.15) is 6.54 Å². The third-order valence-electron chi connectivity index (χ3n) is 6.23. The first-order chi connectivity index (χ1) is 16.6. The second-order valence-electron chi connectivity index (χ2n) is 8.70. The van der Waals surface area contributed by atoms with Crippen LogP contribution in [-0.4, -0.2) is 46.5 Å². The van der Waals surface area contributed by atoms with Gasteiger partial charge >= 0.3 is 5.76 Å². The van der Waals surface area contributed by atoms with Crippen LogP contribution < -0.4 is 11.1 Å². The Labute approximate surface area is 198 Å². The number of carbonyl (C=O) groups excluding carboxylic acids is 1. The number of hydrogen-bond acceptors (Lipinski definition) is 5. The number of carbonyl (C=O) groups is 1. The summed E-state index contributed by atoms with van der Waals surface area (Å²) in [6.07, 6.45) is 0. The van der Waals surface area contributed by atoms with Gasteiger partial charge in [0, 0.05) is 45.0 Å². The molecule has 2 heterocycles. The molecule has 1 amide bonds. The lowest BCUT2D eigenvalue weighted by Gasteiger charge is -2.34. The van der Waals surface area contributed by atoms with E-state index in [0.29, 0.717) is 16.8 Å². The standard InChI is InChI=1S/C27H28N4O3/c32-26(20-31-24-8-4-5-9-25(24)34-27(31)33)28-23-12-10-22(11-13-23)19-30-16-14-29(15-17-30)18-21-6-2-1-3-7-21/h1-13H,14-20H2,(H,28,32). The highest BCUT2D eigenvalue weighted by atomic mass is 16.4. The number of piperazine rings is 1. The molecule has 7 nitrogen and oxygen atoms in total. The van der Waals surface area contributed by atoms with Crippen LogP contribution in [0.5, 0.6) is 0 Å². The van der Waals surface area contributed by atoms with E-state index < -0.39 is 5.76 Å². The van der Waals surface area contributed by atoms with Crippen molar-refractivity contribution in [3.8, 4) is 0 Å². The first kappa shape index (κ1) is 22.1. The number of hydrogen-bond donors (Lipinski definition) is 1. The maximum Gasteiger partial charge on any atom is 0.420 e. The molecule has 1 aliphatic rings. The van der Waals surface area contributed by atoms with Gasteiger partial charge in [-0.3, -0.25) is 19.2 Å². The second-order valence-corrected chi connectivity index (χ2v) is 8.70. The summed E-state index contributed by atoms with van der Waals surface area (Å²) in [6, 6.07) is 25.6. The van der Waals surface area contributed by atoms with Gasteiger partial charge in [0.2, 0.25) is 5.91 Å². The molecule has 0 bridgehead atoms. The molecule has 0 saturated carbocycles. The molecule has 174 valence electrons. The fraction of sp³-hybridized carbons (Fsp3) is 0.259. The Morgan fingerprint density at radius 1 is 0.765 bits per heavy atom. The van der Waals surface area contributed by atoms with Crippen molar-refractivity contribution >= 4 is 22.7 Å². The van der Waals surface area contributed by atoms with Crippen molar-refractivity contribution in [1.29, 1.82) is 0 Å². The number of fused-ring (bicyclic) bond motifs is 1. The van der Waals surface area contributed by atoms with Crippen LogP contribution in [0.1, 0.15) is 11.1 Å². The van der Waals surface area contributed by atoms with Crippen LogP contribution in [0.25, 0.3) is 11.1 Å². The topological polar surface area (TPSA) is 70.7 Å². The molecular formula is C27H28N4O3. The van der Waals surface area contributed by atoms with Gasteiger partial charge in [0.05, 0.1) is 5.52 Å². The minimum absolute atomic E-state index is 0.0924. The van der Waals surface area contributed by atoms with Crippen LogP contribution in [0.2, 0.25) is 0 Å². The number of nitrogens with zero attached hydrogens (tertiary/aromatic N) is 3. The Kier molecular flexibility index (Phi) is 6.56. The summed E-state index contributed by atoms with van der Waals surface area (Å²) in [4.78, 5) is 29.6. The fourth-order valence-corrected chi connectivity index (χ4v) is 4.41. The van der Waals surface area contributed by atoms with E-state index in [1.165, 1.54) is 15.7 Å².